The molecule has 1 aliphatic heterocycles. The van der Waals surface area contributed by atoms with Crippen LogP contribution in [-0.4, -0.2) is 75.3 Å². The van der Waals surface area contributed by atoms with Crippen molar-refractivity contribution in [2.45, 2.75) is 19.5 Å². The molecule has 0 radical (unpaired) electrons. The standard InChI is InChI=1S/C27H31F3N4O5/c1-4-39-26(36)25-24(19-15-21(37-2)22(38-3)16-20(19)31-25)32-23(35)8-9-33-10-12-34(13-11-33)18-7-5-6-17(14-18)27(28,29)30/h5-7,14-16,31H,4,8-13H2,1-3H3,(H,32,35). The van der Waals surface area contributed by atoms with Gasteiger partial charge in [0.15, 0.2) is 11.5 Å². The van der Waals surface area contributed by atoms with Gasteiger partial charge in [0.2, 0.25) is 5.91 Å². The highest BCUT2D eigenvalue weighted by atomic mass is 19.4. The van der Waals surface area contributed by atoms with E-state index in [2.05, 4.69) is 15.2 Å². The number of hydrogen-bond acceptors (Lipinski definition) is 7. The summed E-state index contributed by atoms with van der Waals surface area (Å²) in [5, 5.41) is 3.41. The lowest BCUT2D eigenvalue weighted by molar-refractivity contribution is -0.137. The molecule has 0 saturated carbocycles. The Morgan fingerprint density at radius 1 is 1.03 bits per heavy atom. The van der Waals surface area contributed by atoms with Gasteiger partial charge in [-0.25, -0.2) is 4.79 Å². The summed E-state index contributed by atoms with van der Waals surface area (Å²) >= 11 is 0. The van der Waals surface area contributed by atoms with Crippen molar-refractivity contribution >= 4 is 34.2 Å². The smallest absolute Gasteiger partial charge is 0.416 e. The topological polar surface area (TPSA) is 96.1 Å². The molecule has 2 heterocycles. The third-order valence-electron chi connectivity index (χ3n) is 6.61. The molecule has 9 nitrogen and oxygen atoms in total. The van der Waals surface area contributed by atoms with E-state index in [1.807, 2.05) is 4.90 Å². The number of carbonyl (C=O) groups excluding carboxylic acids is 2. The number of nitrogens with zero attached hydrogens (tertiary/aromatic N) is 2. The van der Waals surface area contributed by atoms with E-state index < -0.39 is 17.7 Å². The van der Waals surface area contributed by atoms with Crippen molar-refractivity contribution in [3.05, 3.63) is 47.7 Å². The molecule has 12 heteroatoms. The van der Waals surface area contributed by atoms with Crippen molar-refractivity contribution in [2.24, 2.45) is 0 Å². The van der Waals surface area contributed by atoms with Crippen molar-refractivity contribution in [2.75, 3.05) is 63.8 Å². The lowest BCUT2D eigenvalue weighted by Gasteiger charge is -2.36. The van der Waals surface area contributed by atoms with E-state index in [4.69, 9.17) is 14.2 Å². The fourth-order valence-electron chi connectivity index (χ4n) is 4.58. The van der Waals surface area contributed by atoms with Crippen LogP contribution in [0.4, 0.5) is 24.5 Å². The number of amides is 1. The lowest BCUT2D eigenvalue weighted by Crippen LogP contribution is -2.47. The minimum absolute atomic E-state index is 0.116. The molecular weight excluding hydrogens is 517 g/mol. The number of aromatic nitrogens is 1. The molecule has 1 aliphatic rings. The van der Waals surface area contributed by atoms with Gasteiger partial charge in [-0.3, -0.25) is 9.69 Å². The van der Waals surface area contributed by atoms with Crippen LogP contribution in [0.2, 0.25) is 0 Å². The highest BCUT2D eigenvalue weighted by Crippen LogP contribution is 2.37. The van der Waals surface area contributed by atoms with Gasteiger partial charge in [0.25, 0.3) is 0 Å². The van der Waals surface area contributed by atoms with E-state index in [0.717, 1.165) is 12.1 Å². The lowest BCUT2D eigenvalue weighted by atomic mass is 10.1. The second-order valence-electron chi connectivity index (χ2n) is 9.02. The van der Waals surface area contributed by atoms with Crippen LogP contribution in [0.3, 0.4) is 0 Å². The number of H-pyrrole nitrogens is 1. The predicted octanol–water partition coefficient (Wildman–Crippen LogP) is 4.53. The second-order valence-corrected chi connectivity index (χ2v) is 9.02. The number of carbonyl (C=O) groups is 2. The molecule has 0 bridgehead atoms. The highest BCUT2D eigenvalue weighted by Gasteiger charge is 2.31. The average molecular weight is 549 g/mol. The number of nitrogens with one attached hydrogen (secondary N) is 2. The van der Waals surface area contributed by atoms with Crippen LogP contribution >= 0.6 is 0 Å². The van der Waals surface area contributed by atoms with E-state index >= 15 is 0 Å². The summed E-state index contributed by atoms with van der Waals surface area (Å²) in [6.45, 7) is 4.60. The molecule has 39 heavy (non-hydrogen) atoms. The Bertz CT molecular complexity index is 1330. The normalized spacial score (nSPS) is 14.4. The molecule has 1 amide bonds. The van der Waals surface area contributed by atoms with Crippen molar-refractivity contribution in [3.8, 4) is 11.5 Å². The number of rotatable bonds is 9. The number of methoxy groups -OCH3 is 2. The van der Waals surface area contributed by atoms with Crippen molar-refractivity contribution in [1.82, 2.24) is 9.88 Å². The zero-order valence-electron chi connectivity index (χ0n) is 22.0. The number of benzene rings is 2. The molecule has 2 N–H and O–H groups in total. The third kappa shape index (κ3) is 6.39. The first-order chi connectivity index (χ1) is 18.6. The number of piperazine rings is 1. The number of alkyl halides is 3. The summed E-state index contributed by atoms with van der Waals surface area (Å²) in [5.41, 5.74) is 0.834. The SMILES string of the molecule is CCOC(=O)c1[nH]c2cc(OC)c(OC)cc2c1NC(=O)CCN1CCN(c2cccc(C(F)(F)F)c2)CC1. The number of anilines is 2. The first-order valence-corrected chi connectivity index (χ1v) is 12.5. The van der Waals surface area contributed by atoms with E-state index in [0.29, 0.717) is 66.5 Å². The first kappa shape index (κ1) is 28.1. The molecule has 1 aromatic heterocycles. The van der Waals surface area contributed by atoms with Crippen LogP contribution in [0.15, 0.2) is 36.4 Å². The maximum atomic E-state index is 13.1. The van der Waals surface area contributed by atoms with Crippen LogP contribution in [0.5, 0.6) is 11.5 Å². The van der Waals surface area contributed by atoms with Gasteiger partial charge in [0, 0.05) is 56.3 Å². The quantitative estimate of drug-likeness (QED) is 0.380. The van der Waals surface area contributed by atoms with Crippen LogP contribution < -0.4 is 19.7 Å². The van der Waals surface area contributed by atoms with Gasteiger partial charge in [0.05, 0.1) is 37.6 Å². The summed E-state index contributed by atoms with van der Waals surface area (Å²) in [6.07, 6.45) is -4.23. The summed E-state index contributed by atoms with van der Waals surface area (Å²) in [4.78, 5) is 32.6. The highest BCUT2D eigenvalue weighted by molar-refractivity contribution is 6.11. The van der Waals surface area contributed by atoms with E-state index in [-0.39, 0.29) is 24.6 Å². The van der Waals surface area contributed by atoms with Crippen LogP contribution in [-0.2, 0) is 15.7 Å². The Balaban J connectivity index is 1.41. The van der Waals surface area contributed by atoms with Gasteiger partial charge in [0.1, 0.15) is 5.69 Å². The van der Waals surface area contributed by atoms with E-state index in [1.165, 1.54) is 20.3 Å². The number of halogens is 3. The van der Waals surface area contributed by atoms with Crippen molar-refractivity contribution < 1.29 is 37.0 Å². The van der Waals surface area contributed by atoms with Gasteiger partial charge < -0.3 is 29.4 Å². The van der Waals surface area contributed by atoms with Gasteiger partial charge >= 0.3 is 12.1 Å². The number of ether oxygens (including phenoxy) is 3. The fourth-order valence-corrected chi connectivity index (χ4v) is 4.58. The van der Waals surface area contributed by atoms with Gasteiger partial charge in [-0.15, -0.1) is 0 Å². The minimum atomic E-state index is -4.39. The molecule has 0 spiro atoms. The number of fused-ring (bicyclic) bond motifs is 1. The summed E-state index contributed by atoms with van der Waals surface area (Å²) in [7, 11) is 2.99. The van der Waals surface area contributed by atoms with Gasteiger partial charge in [-0.05, 0) is 31.2 Å². The van der Waals surface area contributed by atoms with Gasteiger partial charge in [-0.2, -0.15) is 13.2 Å². The second kappa shape index (κ2) is 11.9. The Morgan fingerprint density at radius 2 is 1.72 bits per heavy atom. The summed E-state index contributed by atoms with van der Waals surface area (Å²) in [5.74, 6) is 0.00143. The van der Waals surface area contributed by atoms with Gasteiger partial charge in [-0.1, -0.05) is 6.07 Å². The number of aromatic amines is 1. The molecule has 0 aliphatic carbocycles. The maximum absolute atomic E-state index is 13.1. The first-order valence-electron chi connectivity index (χ1n) is 12.5. The van der Waals surface area contributed by atoms with Crippen LogP contribution in [0.25, 0.3) is 10.9 Å². The Hall–Kier alpha value is -3.93. The Labute approximate surface area is 223 Å². The fraction of sp³-hybridized carbons (Fsp3) is 0.407. The summed E-state index contributed by atoms with van der Waals surface area (Å²) < 4.78 is 55.1. The molecular formula is C27H31F3N4O5. The zero-order chi connectivity index (χ0) is 28.2. The molecule has 1 saturated heterocycles. The average Bonchev–Trinajstić information content (AvgIpc) is 3.28. The van der Waals surface area contributed by atoms with Crippen LogP contribution in [0, 0.1) is 0 Å². The molecule has 2 aromatic carbocycles. The monoisotopic (exact) mass is 548 g/mol. The third-order valence-corrected chi connectivity index (χ3v) is 6.61. The number of hydrogen-bond donors (Lipinski definition) is 2. The molecule has 1 fully saturated rings. The molecule has 210 valence electrons. The van der Waals surface area contributed by atoms with Crippen molar-refractivity contribution in [3.63, 3.8) is 0 Å². The molecule has 3 aromatic rings. The largest absolute Gasteiger partial charge is 0.493 e. The number of esters is 1. The Kier molecular flexibility index (Phi) is 8.54. The minimum Gasteiger partial charge on any atom is -0.493 e. The van der Waals surface area contributed by atoms with Crippen molar-refractivity contribution in [1.29, 1.82) is 0 Å². The summed E-state index contributed by atoms with van der Waals surface area (Å²) in [6, 6.07) is 8.66. The molecule has 4 rings (SSSR count). The van der Waals surface area contributed by atoms with E-state index in [9.17, 15) is 22.8 Å². The molecule has 0 unspecified atom stereocenters. The van der Waals surface area contributed by atoms with E-state index in [1.54, 1.807) is 25.1 Å². The maximum Gasteiger partial charge on any atom is 0.416 e. The van der Waals surface area contributed by atoms with Crippen LogP contribution in [0.1, 0.15) is 29.4 Å². The predicted molar refractivity (Wildman–Crippen MR) is 141 cm³/mol. The Morgan fingerprint density at radius 3 is 2.36 bits per heavy atom. The zero-order valence-corrected chi connectivity index (χ0v) is 22.0. The molecule has 0 atom stereocenters.